The van der Waals surface area contributed by atoms with E-state index in [0.717, 1.165) is 35.5 Å². The van der Waals surface area contributed by atoms with Crippen molar-refractivity contribution in [1.29, 1.82) is 5.26 Å². The number of ether oxygens (including phenoxy) is 2. The molecule has 1 aliphatic heterocycles. The monoisotopic (exact) mass is 485 g/mol. The third-order valence-corrected chi connectivity index (χ3v) is 6.34. The number of nitriles is 1. The van der Waals surface area contributed by atoms with Crippen LogP contribution in [0.1, 0.15) is 19.4 Å². The van der Waals surface area contributed by atoms with E-state index in [-0.39, 0.29) is 18.0 Å². The molecule has 0 aliphatic carbocycles. The zero-order chi connectivity index (χ0) is 25.2. The Kier molecular flexibility index (Phi) is 6.53. The maximum atomic E-state index is 13.5. The van der Waals surface area contributed by atoms with Gasteiger partial charge in [-0.05, 0) is 55.3 Å². The minimum atomic E-state index is -2.98. The molecule has 1 aliphatic rings. The summed E-state index contributed by atoms with van der Waals surface area (Å²) in [5, 5.41) is 9.58. The summed E-state index contributed by atoms with van der Waals surface area (Å²) in [6, 6.07) is 22.4. The number of hydrogen-bond donors (Lipinski definition) is 0. The topological polar surface area (TPSA) is 58.4 Å². The predicted octanol–water partition coefficient (Wildman–Crippen LogP) is 6.66. The largest absolute Gasteiger partial charge is 0.433 e. The molecule has 36 heavy (non-hydrogen) atoms. The highest BCUT2D eigenvalue weighted by molar-refractivity contribution is 6.00. The number of benzene rings is 3. The second-order valence-corrected chi connectivity index (χ2v) is 8.98. The Labute approximate surface area is 208 Å². The fraction of sp³-hybridized carbons (Fsp3) is 0.241. The van der Waals surface area contributed by atoms with Crippen molar-refractivity contribution in [3.63, 3.8) is 0 Å². The van der Waals surface area contributed by atoms with E-state index in [1.54, 1.807) is 30.5 Å². The molecule has 1 saturated heterocycles. The molecule has 0 spiro atoms. The van der Waals surface area contributed by atoms with Gasteiger partial charge in [-0.25, -0.2) is 0 Å². The lowest BCUT2D eigenvalue weighted by Crippen LogP contribution is -2.45. The molecule has 182 valence electrons. The molecule has 0 radical (unpaired) electrons. The van der Waals surface area contributed by atoms with Crippen molar-refractivity contribution in [1.82, 2.24) is 4.98 Å². The van der Waals surface area contributed by atoms with E-state index in [2.05, 4.69) is 29.8 Å². The summed E-state index contributed by atoms with van der Waals surface area (Å²) >= 11 is 0. The number of aromatic nitrogens is 1. The van der Waals surface area contributed by atoms with E-state index >= 15 is 0 Å². The fourth-order valence-electron chi connectivity index (χ4n) is 4.82. The molecule has 0 bridgehead atoms. The van der Waals surface area contributed by atoms with Gasteiger partial charge in [-0.1, -0.05) is 36.4 Å². The number of rotatable bonds is 5. The Morgan fingerprint density at radius 3 is 2.22 bits per heavy atom. The van der Waals surface area contributed by atoms with Crippen molar-refractivity contribution in [2.75, 3.05) is 18.0 Å². The summed E-state index contributed by atoms with van der Waals surface area (Å²) in [7, 11) is 0. The van der Waals surface area contributed by atoms with Crippen molar-refractivity contribution in [3.05, 3.63) is 78.5 Å². The first-order valence-electron chi connectivity index (χ1n) is 11.8. The molecule has 2 unspecified atom stereocenters. The van der Waals surface area contributed by atoms with Crippen LogP contribution in [0.3, 0.4) is 0 Å². The van der Waals surface area contributed by atoms with Crippen LogP contribution in [0.4, 0.5) is 14.5 Å². The van der Waals surface area contributed by atoms with Gasteiger partial charge < -0.3 is 14.4 Å². The average Bonchev–Trinajstić information content (AvgIpc) is 2.88. The maximum Gasteiger partial charge on any atom is 0.387 e. The van der Waals surface area contributed by atoms with Gasteiger partial charge in [0.1, 0.15) is 5.75 Å². The molecular formula is C29H25F2N3O2. The van der Waals surface area contributed by atoms with Crippen LogP contribution in [-0.4, -0.2) is 36.9 Å². The van der Waals surface area contributed by atoms with Crippen LogP contribution in [0.25, 0.3) is 33.2 Å². The molecule has 3 aromatic carbocycles. The van der Waals surface area contributed by atoms with Crippen LogP contribution in [0, 0.1) is 11.3 Å². The lowest BCUT2D eigenvalue weighted by molar-refractivity contribution is -0.0484. The number of hydrogen-bond acceptors (Lipinski definition) is 5. The van der Waals surface area contributed by atoms with Crippen LogP contribution < -0.4 is 9.64 Å². The minimum Gasteiger partial charge on any atom is -0.433 e. The van der Waals surface area contributed by atoms with Gasteiger partial charge in [0.25, 0.3) is 0 Å². The Morgan fingerprint density at radius 1 is 0.944 bits per heavy atom. The molecule has 1 aromatic heterocycles. The van der Waals surface area contributed by atoms with E-state index in [0.29, 0.717) is 22.0 Å². The molecule has 5 nitrogen and oxygen atoms in total. The second-order valence-electron chi connectivity index (χ2n) is 8.98. The van der Waals surface area contributed by atoms with Gasteiger partial charge in [0.2, 0.25) is 0 Å². The zero-order valence-electron chi connectivity index (χ0n) is 20.0. The summed E-state index contributed by atoms with van der Waals surface area (Å²) in [6.45, 7) is 2.71. The first kappa shape index (κ1) is 23.7. The Hall–Kier alpha value is -4.02. The van der Waals surface area contributed by atoms with Crippen molar-refractivity contribution in [2.24, 2.45) is 0 Å². The third kappa shape index (κ3) is 4.73. The van der Waals surface area contributed by atoms with Crippen molar-refractivity contribution in [2.45, 2.75) is 32.7 Å². The highest BCUT2D eigenvalue weighted by Crippen LogP contribution is 2.40. The molecule has 0 saturated carbocycles. The Bertz CT molecular complexity index is 1410. The van der Waals surface area contributed by atoms with Crippen LogP contribution in [-0.2, 0) is 4.74 Å². The van der Waals surface area contributed by atoms with Crippen LogP contribution in [0.2, 0.25) is 0 Å². The van der Waals surface area contributed by atoms with E-state index in [1.807, 2.05) is 42.5 Å². The number of fused-ring (bicyclic) bond motifs is 1. The summed E-state index contributed by atoms with van der Waals surface area (Å²) in [6.07, 6.45) is 1.85. The van der Waals surface area contributed by atoms with Gasteiger partial charge in [-0.2, -0.15) is 14.0 Å². The Balaban J connectivity index is 1.56. The van der Waals surface area contributed by atoms with Crippen molar-refractivity contribution < 1.29 is 18.3 Å². The molecule has 0 N–H and O–H groups in total. The fourth-order valence-corrected chi connectivity index (χ4v) is 4.82. The van der Waals surface area contributed by atoms with Gasteiger partial charge in [0.15, 0.2) is 0 Å². The van der Waals surface area contributed by atoms with E-state index in [9.17, 15) is 8.78 Å². The summed E-state index contributed by atoms with van der Waals surface area (Å²) in [5.74, 6) is 0.0897. The molecule has 2 atom stereocenters. The summed E-state index contributed by atoms with van der Waals surface area (Å²) in [4.78, 5) is 6.93. The first-order chi connectivity index (χ1) is 17.4. The van der Waals surface area contributed by atoms with E-state index in [1.165, 1.54) is 0 Å². The molecule has 7 heteroatoms. The second kappa shape index (κ2) is 9.92. The standard InChI is InChI=1S/C29H25F2N3O2/c1-18-16-34(17-19(2)35-18)23-12-10-22(11-13-23)26-15-33-27-24(21-8-6-20(14-32)7-9-21)4-3-5-25(27)28(26)36-29(30)31/h3-13,15,18-19,29H,16-17H2,1-2H3. The van der Waals surface area contributed by atoms with Crippen molar-refractivity contribution >= 4 is 16.6 Å². The number of alkyl halides is 2. The highest BCUT2D eigenvalue weighted by atomic mass is 19.3. The van der Waals surface area contributed by atoms with Gasteiger partial charge in [0.05, 0.1) is 29.4 Å². The van der Waals surface area contributed by atoms with Crippen LogP contribution in [0.5, 0.6) is 5.75 Å². The van der Waals surface area contributed by atoms with E-state index < -0.39 is 6.61 Å². The predicted molar refractivity (Wildman–Crippen MR) is 136 cm³/mol. The number of pyridine rings is 1. The summed E-state index contributed by atoms with van der Waals surface area (Å²) < 4.78 is 38.0. The number of halogens is 2. The summed E-state index contributed by atoms with van der Waals surface area (Å²) in [5.41, 5.74) is 4.98. The molecule has 5 rings (SSSR count). The van der Waals surface area contributed by atoms with Crippen molar-refractivity contribution in [3.8, 4) is 34.1 Å². The molecule has 2 heterocycles. The normalized spacial score (nSPS) is 17.8. The highest BCUT2D eigenvalue weighted by Gasteiger charge is 2.23. The first-order valence-corrected chi connectivity index (χ1v) is 11.8. The quantitative estimate of drug-likeness (QED) is 0.317. The van der Waals surface area contributed by atoms with E-state index in [4.69, 9.17) is 14.7 Å². The van der Waals surface area contributed by atoms with Gasteiger partial charge >= 0.3 is 6.61 Å². The molecule has 1 fully saturated rings. The molecule has 4 aromatic rings. The number of para-hydroxylation sites is 1. The van der Waals surface area contributed by atoms with Gasteiger partial charge in [-0.3, -0.25) is 4.98 Å². The van der Waals surface area contributed by atoms with Gasteiger partial charge in [0, 0.05) is 41.5 Å². The Morgan fingerprint density at radius 2 is 1.58 bits per heavy atom. The zero-order valence-corrected chi connectivity index (χ0v) is 20.0. The number of morpholine rings is 1. The minimum absolute atomic E-state index is 0.0897. The van der Waals surface area contributed by atoms with Gasteiger partial charge in [-0.15, -0.1) is 0 Å². The number of anilines is 1. The third-order valence-electron chi connectivity index (χ3n) is 6.34. The SMILES string of the molecule is CC1CN(c2ccc(-c3cnc4c(-c5ccc(C#N)cc5)cccc4c3OC(F)F)cc2)CC(C)O1. The number of nitrogens with zero attached hydrogens (tertiary/aromatic N) is 3. The molecular weight excluding hydrogens is 460 g/mol. The lowest BCUT2D eigenvalue weighted by atomic mass is 9.98. The average molecular weight is 486 g/mol. The molecule has 0 amide bonds. The lowest BCUT2D eigenvalue weighted by Gasteiger charge is -2.36. The smallest absolute Gasteiger partial charge is 0.387 e. The maximum absolute atomic E-state index is 13.5. The van der Waals surface area contributed by atoms with Crippen LogP contribution in [0.15, 0.2) is 72.9 Å². The van der Waals surface area contributed by atoms with Crippen LogP contribution >= 0.6 is 0 Å².